The summed E-state index contributed by atoms with van der Waals surface area (Å²) in [5.74, 6) is -0.405. The van der Waals surface area contributed by atoms with Crippen molar-refractivity contribution in [2.45, 2.75) is 0 Å². The van der Waals surface area contributed by atoms with Crippen LogP contribution in [0.4, 0.5) is 5.69 Å². The van der Waals surface area contributed by atoms with Crippen molar-refractivity contribution >= 4 is 62.9 Å². The van der Waals surface area contributed by atoms with Gasteiger partial charge in [-0.3, -0.25) is 14.5 Å². The lowest BCUT2D eigenvalue weighted by Gasteiger charge is -2.06. The first-order chi connectivity index (χ1) is 13.0. The molecule has 1 aromatic heterocycles. The molecule has 2 amide bonds. The second-order valence-electron chi connectivity index (χ2n) is 5.75. The molecular formula is C18H12N4O3S2. The summed E-state index contributed by atoms with van der Waals surface area (Å²) < 4.78 is 5.22. The molecule has 134 valence electrons. The second-order valence-corrected chi connectivity index (χ2v) is 7.43. The molecule has 0 radical (unpaired) electrons. The molecule has 1 saturated heterocycles. The average Bonchev–Trinajstić information content (AvgIpc) is 3.24. The first-order valence-corrected chi connectivity index (χ1v) is 9.09. The zero-order valence-electron chi connectivity index (χ0n) is 14.0. The molecule has 0 bridgehead atoms. The number of hydrogen-bond donors (Lipinski definition) is 1. The molecule has 3 aromatic rings. The zero-order valence-corrected chi connectivity index (χ0v) is 15.6. The van der Waals surface area contributed by atoms with Gasteiger partial charge in [0.15, 0.2) is 5.52 Å². The first-order valence-electron chi connectivity index (χ1n) is 7.87. The lowest BCUT2D eigenvalue weighted by molar-refractivity contribution is -0.121. The van der Waals surface area contributed by atoms with Crippen LogP contribution in [0.2, 0.25) is 0 Å². The number of carbonyl (C=O) groups excluding carboxylic acids is 2. The number of nitrogens with one attached hydrogen (secondary N) is 1. The Morgan fingerprint density at radius 1 is 1.22 bits per heavy atom. The Bertz CT molecular complexity index is 1110. The third-order valence-electron chi connectivity index (χ3n) is 3.99. The number of benzene rings is 2. The molecule has 1 N–H and O–H groups in total. The minimum Gasteiger partial charge on any atom is -0.320 e. The van der Waals surface area contributed by atoms with E-state index in [9.17, 15) is 9.59 Å². The van der Waals surface area contributed by atoms with Crippen molar-refractivity contribution in [2.75, 3.05) is 12.4 Å². The predicted molar refractivity (Wildman–Crippen MR) is 107 cm³/mol. The van der Waals surface area contributed by atoms with Crippen molar-refractivity contribution in [3.8, 4) is 0 Å². The Labute approximate surface area is 163 Å². The van der Waals surface area contributed by atoms with Crippen molar-refractivity contribution < 1.29 is 14.2 Å². The van der Waals surface area contributed by atoms with Gasteiger partial charge in [0.05, 0.1) is 10.6 Å². The van der Waals surface area contributed by atoms with Crippen molar-refractivity contribution in [3.05, 3.63) is 58.5 Å². The van der Waals surface area contributed by atoms with E-state index in [4.69, 9.17) is 16.8 Å². The van der Waals surface area contributed by atoms with E-state index in [1.807, 2.05) is 0 Å². The highest BCUT2D eigenvalue weighted by atomic mass is 32.2. The molecule has 2 aromatic carbocycles. The lowest BCUT2D eigenvalue weighted by atomic mass is 10.1. The normalized spacial score (nSPS) is 15.7. The summed E-state index contributed by atoms with van der Waals surface area (Å²) in [5.41, 5.74) is 2.86. The smallest absolute Gasteiger partial charge is 0.265 e. The number of likely N-dealkylation sites (N-methyl/N-ethyl adjacent to an activating group) is 1. The first kappa shape index (κ1) is 17.4. The Balaban J connectivity index is 1.52. The zero-order chi connectivity index (χ0) is 19.0. The summed E-state index contributed by atoms with van der Waals surface area (Å²) in [4.78, 5) is 26.5. The summed E-state index contributed by atoms with van der Waals surface area (Å²) in [6.45, 7) is 0. The van der Waals surface area contributed by atoms with Crippen LogP contribution in [0.3, 0.4) is 0 Å². The number of rotatable bonds is 3. The molecule has 9 heteroatoms. The van der Waals surface area contributed by atoms with Crippen LogP contribution in [0.1, 0.15) is 15.9 Å². The standard InChI is InChI=1S/C18H12N4O3S2/c1-22-17(24)14(27-18(22)26)9-10-5-7-11(8-6-10)16(23)19-12-3-2-4-13-15(12)21-25-20-13/h2-9H,1H3,(H,19,23)/b14-9-. The monoisotopic (exact) mass is 396 g/mol. The van der Waals surface area contributed by atoms with E-state index in [0.29, 0.717) is 31.5 Å². The van der Waals surface area contributed by atoms with Crippen LogP contribution in [-0.2, 0) is 4.79 Å². The maximum Gasteiger partial charge on any atom is 0.265 e. The highest BCUT2D eigenvalue weighted by Gasteiger charge is 2.28. The van der Waals surface area contributed by atoms with Crippen LogP contribution >= 0.6 is 24.0 Å². The summed E-state index contributed by atoms with van der Waals surface area (Å²) in [5, 5.41) is 10.3. The van der Waals surface area contributed by atoms with Gasteiger partial charge in [0.2, 0.25) is 0 Å². The fourth-order valence-corrected chi connectivity index (χ4v) is 3.71. The summed E-state index contributed by atoms with van der Waals surface area (Å²) >= 11 is 6.37. The number of anilines is 1. The number of carbonyl (C=O) groups is 2. The topological polar surface area (TPSA) is 88.3 Å². The summed E-state index contributed by atoms with van der Waals surface area (Å²) in [7, 11) is 1.65. The predicted octanol–water partition coefficient (Wildman–Crippen LogP) is 3.31. The van der Waals surface area contributed by atoms with Gasteiger partial charge in [-0.15, -0.1) is 0 Å². The fraction of sp³-hybridized carbons (Fsp3) is 0.0556. The quantitative estimate of drug-likeness (QED) is 0.537. The Morgan fingerprint density at radius 3 is 2.70 bits per heavy atom. The highest BCUT2D eigenvalue weighted by Crippen LogP contribution is 2.31. The molecule has 27 heavy (non-hydrogen) atoms. The number of fused-ring (bicyclic) bond motifs is 1. The molecular weight excluding hydrogens is 384 g/mol. The number of aromatic nitrogens is 2. The lowest BCUT2D eigenvalue weighted by Crippen LogP contribution is -2.22. The third-order valence-corrected chi connectivity index (χ3v) is 5.48. The van der Waals surface area contributed by atoms with Gasteiger partial charge in [-0.25, -0.2) is 4.63 Å². The van der Waals surface area contributed by atoms with E-state index >= 15 is 0 Å². The number of hydrogen-bond acceptors (Lipinski definition) is 7. The molecule has 1 aliphatic heterocycles. The van der Waals surface area contributed by atoms with Gasteiger partial charge >= 0.3 is 0 Å². The van der Waals surface area contributed by atoms with E-state index < -0.39 is 0 Å². The molecule has 0 aliphatic carbocycles. The van der Waals surface area contributed by atoms with Gasteiger partial charge in [-0.05, 0) is 46.2 Å². The molecule has 1 aliphatic rings. The van der Waals surface area contributed by atoms with Gasteiger partial charge in [0.25, 0.3) is 11.8 Å². The Kier molecular flexibility index (Phi) is 4.46. The van der Waals surface area contributed by atoms with Crippen molar-refractivity contribution in [1.82, 2.24) is 15.2 Å². The fourth-order valence-electron chi connectivity index (χ4n) is 2.53. The minimum atomic E-state index is -0.281. The van der Waals surface area contributed by atoms with Crippen LogP contribution in [0.5, 0.6) is 0 Å². The van der Waals surface area contributed by atoms with Gasteiger partial charge in [0.1, 0.15) is 9.84 Å². The van der Waals surface area contributed by atoms with E-state index in [1.54, 1.807) is 55.6 Å². The van der Waals surface area contributed by atoms with Gasteiger partial charge in [-0.2, -0.15) is 0 Å². The van der Waals surface area contributed by atoms with E-state index in [2.05, 4.69) is 15.6 Å². The van der Waals surface area contributed by atoms with E-state index in [-0.39, 0.29) is 11.8 Å². The maximum absolute atomic E-state index is 12.5. The van der Waals surface area contributed by atoms with Crippen LogP contribution in [-0.4, -0.2) is 38.4 Å². The number of thiocarbonyl (C=S) groups is 1. The molecule has 0 unspecified atom stereocenters. The number of nitrogens with zero attached hydrogens (tertiary/aromatic N) is 3. The number of thioether (sulfide) groups is 1. The van der Waals surface area contributed by atoms with Crippen LogP contribution in [0.25, 0.3) is 17.1 Å². The van der Waals surface area contributed by atoms with Crippen molar-refractivity contribution in [2.24, 2.45) is 0 Å². The van der Waals surface area contributed by atoms with Crippen molar-refractivity contribution in [3.63, 3.8) is 0 Å². The summed E-state index contributed by atoms with van der Waals surface area (Å²) in [6, 6.07) is 12.2. The maximum atomic E-state index is 12.5. The number of amides is 2. The second kappa shape index (κ2) is 6.93. The van der Waals surface area contributed by atoms with Crippen LogP contribution in [0.15, 0.2) is 52.0 Å². The molecule has 0 saturated carbocycles. The molecule has 7 nitrogen and oxygen atoms in total. The molecule has 1 fully saturated rings. The molecule has 0 atom stereocenters. The Morgan fingerprint density at radius 2 is 2.00 bits per heavy atom. The highest BCUT2D eigenvalue weighted by molar-refractivity contribution is 8.26. The molecule has 2 heterocycles. The molecule has 4 rings (SSSR count). The summed E-state index contributed by atoms with van der Waals surface area (Å²) in [6.07, 6.45) is 1.76. The van der Waals surface area contributed by atoms with Gasteiger partial charge < -0.3 is 5.32 Å². The van der Waals surface area contributed by atoms with Crippen molar-refractivity contribution in [1.29, 1.82) is 0 Å². The van der Waals surface area contributed by atoms with Crippen LogP contribution in [0, 0.1) is 0 Å². The molecule has 0 spiro atoms. The largest absolute Gasteiger partial charge is 0.320 e. The van der Waals surface area contributed by atoms with Gasteiger partial charge in [0, 0.05) is 12.6 Å². The average molecular weight is 396 g/mol. The van der Waals surface area contributed by atoms with E-state index in [0.717, 1.165) is 5.56 Å². The third kappa shape index (κ3) is 3.34. The van der Waals surface area contributed by atoms with E-state index in [1.165, 1.54) is 16.7 Å². The van der Waals surface area contributed by atoms with Crippen LogP contribution < -0.4 is 5.32 Å². The minimum absolute atomic E-state index is 0.124. The van der Waals surface area contributed by atoms with Gasteiger partial charge in [-0.1, -0.05) is 42.2 Å². The Hall–Kier alpha value is -3.04. The SMILES string of the molecule is CN1C(=O)/C(=C/c2ccc(C(=O)Nc3cccc4nonc34)cc2)SC1=S.